The number of ether oxygens (including phenoxy) is 1. The quantitative estimate of drug-likeness (QED) is 0.329. The summed E-state index contributed by atoms with van der Waals surface area (Å²) in [6.45, 7) is 1.52. The van der Waals surface area contributed by atoms with Crippen molar-refractivity contribution in [2.24, 2.45) is 5.11 Å². The lowest BCUT2D eigenvalue weighted by Gasteiger charge is -2.20. The van der Waals surface area contributed by atoms with Gasteiger partial charge in [0.15, 0.2) is 5.54 Å². The molecular formula is C10H11N3O2. The van der Waals surface area contributed by atoms with Gasteiger partial charge in [0.2, 0.25) is 0 Å². The number of carbonyl (C=O) groups is 1. The van der Waals surface area contributed by atoms with Crippen LogP contribution in [-0.4, -0.2) is 13.1 Å². The highest BCUT2D eigenvalue weighted by Crippen LogP contribution is 2.26. The van der Waals surface area contributed by atoms with Gasteiger partial charge in [-0.1, -0.05) is 35.4 Å². The second kappa shape index (κ2) is 4.48. The number of hydrogen-bond donors (Lipinski definition) is 0. The standard InChI is InChI=1S/C10H11N3O2/c1-10(12-13-11,9(14)15-2)8-6-4-3-5-7-8/h3-7H,1-2H3. The molecule has 0 fully saturated rings. The van der Waals surface area contributed by atoms with E-state index in [9.17, 15) is 4.79 Å². The first kappa shape index (κ1) is 11.1. The summed E-state index contributed by atoms with van der Waals surface area (Å²) in [6.07, 6.45) is 0. The fourth-order valence-electron chi connectivity index (χ4n) is 1.27. The summed E-state index contributed by atoms with van der Waals surface area (Å²) in [6, 6.07) is 8.78. The van der Waals surface area contributed by atoms with E-state index in [4.69, 9.17) is 5.53 Å². The molecule has 0 amide bonds. The van der Waals surface area contributed by atoms with Crippen molar-refractivity contribution in [1.82, 2.24) is 0 Å². The van der Waals surface area contributed by atoms with Gasteiger partial charge in [0.05, 0.1) is 7.11 Å². The molecule has 0 aliphatic heterocycles. The Hall–Kier alpha value is -2.00. The van der Waals surface area contributed by atoms with Crippen molar-refractivity contribution in [1.29, 1.82) is 0 Å². The molecule has 0 aromatic heterocycles. The van der Waals surface area contributed by atoms with Gasteiger partial charge in [0, 0.05) is 4.91 Å². The van der Waals surface area contributed by atoms with E-state index in [0.717, 1.165) is 0 Å². The number of nitrogens with zero attached hydrogens (tertiary/aromatic N) is 3. The molecule has 1 rings (SSSR count). The van der Waals surface area contributed by atoms with Gasteiger partial charge in [-0.2, -0.15) is 0 Å². The molecule has 0 spiro atoms. The van der Waals surface area contributed by atoms with Crippen LogP contribution in [0.25, 0.3) is 10.4 Å². The SMILES string of the molecule is COC(=O)C(C)(N=[N+]=[N-])c1ccccc1. The van der Waals surface area contributed by atoms with Crippen LogP contribution in [0.15, 0.2) is 35.4 Å². The molecule has 0 bridgehead atoms. The van der Waals surface area contributed by atoms with E-state index in [1.54, 1.807) is 24.3 Å². The summed E-state index contributed by atoms with van der Waals surface area (Å²) in [5.41, 5.74) is 7.76. The average molecular weight is 205 g/mol. The van der Waals surface area contributed by atoms with E-state index in [2.05, 4.69) is 14.8 Å². The molecule has 0 heterocycles. The predicted octanol–water partition coefficient (Wildman–Crippen LogP) is 2.39. The fourth-order valence-corrected chi connectivity index (χ4v) is 1.27. The molecule has 1 unspecified atom stereocenters. The summed E-state index contributed by atoms with van der Waals surface area (Å²) in [5.74, 6) is -0.577. The lowest BCUT2D eigenvalue weighted by Crippen LogP contribution is -2.31. The number of rotatable bonds is 3. The first-order valence-corrected chi connectivity index (χ1v) is 4.35. The van der Waals surface area contributed by atoms with Gasteiger partial charge in [0.25, 0.3) is 0 Å². The van der Waals surface area contributed by atoms with Crippen molar-refractivity contribution in [3.63, 3.8) is 0 Å². The fraction of sp³-hybridized carbons (Fsp3) is 0.300. The molecule has 0 aliphatic rings. The lowest BCUT2D eigenvalue weighted by molar-refractivity contribution is -0.146. The van der Waals surface area contributed by atoms with Crippen LogP contribution >= 0.6 is 0 Å². The zero-order valence-corrected chi connectivity index (χ0v) is 8.54. The molecule has 0 saturated heterocycles. The maximum absolute atomic E-state index is 11.5. The van der Waals surface area contributed by atoms with Gasteiger partial charge in [-0.15, -0.1) is 0 Å². The third-order valence-corrected chi connectivity index (χ3v) is 2.16. The van der Waals surface area contributed by atoms with Crippen LogP contribution in [0.5, 0.6) is 0 Å². The van der Waals surface area contributed by atoms with Crippen LogP contribution in [0.1, 0.15) is 12.5 Å². The van der Waals surface area contributed by atoms with E-state index in [-0.39, 0.29) is 0 Å². The topological polar surface area (TPSA) is 75.1 Å². The summed E-state index contributed by atoms with van der Waals surface area (Å²) >= 11 is 0. The van der Waals surface area contributed by atoms with E-state index in [1.165, 1.54) is 14.0 Å². The van der Waals surface area contributed by atoms with Gasteiger partial charge >= 0.3 is 5.97 Å². The van der Waals surface area contributed by atoms with Crippen LogP contribution in [0.3, 0.4) is 0 Å². The first-order valence-electron chi connectivity index (χ1n) is 4.35. The number of carbonyl (C=O) groups excluding carboxylic acids is 1. The molecule has 0 aliphatic carbocycles. The van der Waals surface area contributed by atoms with Gasteiger partial charge in [-0.05, 0) is 18.0 Å². The summed E-state index contributed by atoms with van der Waals surface area (Å²) in [5, 5.41) is 3.50. The van der Waals surface area contributed by atoms with Crippen LogP contribution in [-0.2, 0) is 15.1 Å². The summed E-state index contributed by atoms with van der Waals surface area (Å²) in [7, 11) is 1.26. The van der Waals surface area contributed by atoms with Crippen LogP contribution < -0.4 is 0 Å². The maximum atomic E-state index is 11.5. The van der Waals surface area contributed by atoms with Crippen molar-refractivity contribution in [2.75, 3.05) is 7.11 Å². The Morgan fingerprint density at radius 2 is 2.07 bits per heavy atom. The Kier molecular flexibility index (Phi) is 3.31. The van der Waals surface area contributed by atoms with Crippen LogP contribution in [0.2, 0.25) is 0 Å². The van der Waals surface area contributed by atoms with Crippen molar-refractivity contribution in [3.05, 3.63) is 46.3 Å². The molecule has 0 radical (unpaired) electrons. The molecule has 1 aromatic rings. The Labute approximate surface area is 87.3 Å². The second-order valence-electron chi connectivity index (χ2n) is 3.12. The number of azide groups is 1. The minimum Gasteiger partial charge on any atom is -0.468 e. The highest BCUT2D eigenvalue weighted by Gasteiger charge is 2.35. The van der Waals surface area contributed by atoms with Gasteiger partial charge in [-0.3, -0.25) is 4.79 Å². The van der Waals surface area contributed by atoms with E-state index in [0.29, 0.717) is 5.56 Å². The van der Waals surface area contributed by atoms with Gasteiger partial charge < -0.3 is 4.74 Å². The van der Waals surface area contributed by atoms with Crippen molar-refractivity contribution in [3.8, 4) is 0 Å². The molecule has 1 aromatic carbocycles. The molecule has 1 atom stereocenters. The highest BCUT2D eigenvalue weighted by atomic mass is 16.5. The zero-order valence-electron chi connectivity index (χ0n) is 8.54. The van der Waals surface area contributed by atoms with Crippen LogP contribution in [0.4, 0.5) is 0 Å². The van der Waals surface area contributed by atoms with Crippen LogP contribution in [0, 0.1) is 0 Å². The largest absolute Gasteiger partial charge is 0.468 e. The maximum Gasteiger partial charge on any atom is 0.322 e. The Morgan fingerprint density at radius 3 is 2.53 bits per heavy atom. The number of hydrogen-bond acceptors (Lipinski definition) is 3. The molecule has 5 nitrogen and oxygen atoms in total. The molecule has 0 saturated carbocycles. The van der Waals surface area contributed by atoms with Crippen molar-refractivity contribution in [2.45, 2.75) is 12.5 Å². The first-order chi connectivity index (χ1) is 7.15. The van der Waals surface area contributed by atoms with E-state index < -0.39 is 11.5 Å². The molecule has 0 N–H and O–H groups in total. The third-order valence-electron chi connectivity index (χ3n) is 2.16. The highest BCUT2D eigenvalue weighted by molar-refractivity contribution is 5.82. The average Bonchev–Trinajstić information content (AvgIpc) is 2.29. The normalized spacial score (nSPS) is 13.5. The molecule has 5 heteroatoms. The van der Waals surface area contributed by atoms with E-state index in [1.807, 2.05) is 6.07 Å². The smallest absolute Gasteiger partial charge is 0.322 e. The molecule has 78 valence electrons. The Balaban J connectivity index is 3.24. The lowest BCUT2D eigenvalue weighted by atomic mass is 9.93. The van der Waals surface area contributed by atoms with Gasteiger partial charge in [0.1, 0.15) is 0 Å². The zero-order chi connectivity index (χ0) is 11.3. The van der Waals surface area contributed by atoms with Crippen molar-refractivity contribution >= 4 is 5.97 Å². The van der Waals surface area contributed by atoms with Gasteiger partial charge in [-0.25, -0.2) is 0 Å². The second-order valence-corrected chi connectivity index (χ2v) is 3.12. The Bertz CT molecular complexity index is 398. The number of methoxy groups -OCH3 is 1. The Morgan fingerprint density at radius 1 is 1.47 bits per heavy atom. The molecule has 15 heavy (non-hydrogen) atoms. The third kappa shape index (κ3) is 2.08. The summed E-state index contributed by atoms with van der Waals surface area (Å²) in [4.78, 5) is 14.2. The predicted molar refractivity (Wildman–Crippen MR) is 55.0 cm³/mol. The minimum absolute atomic E-state index is 0.577. The molecular weight excluding hydrogens is 194 g/mol. The van der Waals surface area contributed by atoms with Crippen molar-refractivity contribution < 1.29 is 9.53 Å². The van der Waals surface area contributed by atoms with E-state index >= 15 is 0 Å². The summed E-state index contributed by atoms with van der Waals surface area (Å²) < 4.78 is 4.62. The number of esters is 1. The minimum atomic E-state index is -1.30. The monoisotopic (exact) mass is 205 g/mol. The number of benzene rings is 1.